The van der Waals surface area contributed by atoms with Crippen LogP contribution in [0.2, 0.25) is 0 Å². The maximum Gasteiger partial charge on any atom is 0.305 e. The number of hydrogen-bond donors (Lipinski definition) is 1. The van der Waals surface area contributed by atoms with E-state index in [0.717, 1.165) is 28.7 Å². The van der Waals surface area contributed by atoms with Crippen LogP contribution in [0.1, 0.15) is 43.8 Å². The van der Waals surface area contributed by atoms with E-state index in [9.17, 15) is 4.79 Å². The highest BCUT2D eigenvalue weighted by molar-refractivity contribution is 5.76. The van der Waals surface area contributed by atoms with Crippen LogP contribution in [0.3, 0.4) is 0 Å². The van der Waals surface area contributed by atoms with E-state index in [1.54, 1.807) is 0 Å². The molecule has 1 aromatic heterocycles. The van der Waals surface area contributed by atoms with Gasteiger partial charge in [0.1, 0.15) is 5.82 Å². The summed E-state index contributed by atoms with van der Waals surface area (Å²) in [5, 5.41) is 9.01. The van der Waals surface area contributed by atoms with E-state index in [1.807, 2.05) is 18.2 Å². The molecule has 0 radical (unpaired) electrons. The van der Waals surface area contributed by atoms with Crippen LogP contribution in [0, 0.1) is 11.8 Å². The molecule has 1 heterocycles. The number of carboxylic acids is 1. The molecule has 3 unspecified atom stereocenters. The van der Waals surface area contributed by atoms with E-state index in [2.05, 4.69) is 10.6 Å². The zero-order valence-electron chi connectivity index (χ0n) is 12.0. The van der Waals surface area contributed by atoms with Gasteiger partial charge in [-0.25, -0.2) is 4.98 Å². The second-order valence-electron chi connectivity index (χ2n) is 6.54. The SMILES string of the molecule is O=C(O)CCn1c(C2CC3CCC2C3)nc2ccccc21. The molecule has 2 fully saturated rings. The molecule has 4 rings (SSSR count). The van der Waals surface area contributed by atoms with Crippen LogP contribution in [0.4, 0.5) is 0 Å². The Morgan fingerprint density at radius 1 is 1.29 bits per heavy atom. The van der Waals surface area contributed by atoms with Crippen molar-refractivity contribution in [2.45, 2.75) is 44.6 Å². The molecule has 0 aliphatic heterocycles. The van der Waals surface area contributed by atoms with Gasteiger partial charge in [0.05, 0.1) is 17.5 Å². The van der Waals surface area contributed by atoms with E-state index in [0.29, 0.717) is 12.5 Å². The highest BCUT2D eigenvalue weighted by Crippen LogP contribution is 2.52. The van der Waals surface area contributed by atoms with Crippen LogP contribution in [0.5, 0.6) is 0 Å². The van der Waals surface area contributed by atoms with Gasteiger partial charge in [-0.05, 0) is 43.2 Å². The number of fused-ring (bicyclic) bond motifs is 3. The Hall–Kier alpha value is -1.84. The predicted molar refractivity (Wildman–Crippen MR) is 80.2 cm³/mol. The van der Waals surface area contributed by atoms with E-state index in [4.69, 9.17) is 10.1 Å². The maximum absolute atomic E-state index is 11.0. The number of aryl methyl sites for hydroxylation is 1. The normalized spacial score (nSPS) is 27.5. The number of nitrogens with zero attached hydrogens (tertiary/aromatic N) is 2. The lowest BCUT2D eigenvalue weighted by Gasteiger charge is -2.22. The summed E-state index contributed by atoms with van der Waals surface area (Å²) < 4.78 is 2.16. The molecule has 2 aliphatic carbocycles. The summed E-state index contributed by atoms with van der Waals surface area (Å²) in [4.78, 5) is 15.8. The molecule has 2 saturated carbocycles. The molecule has 4 nitrogen and oxygen atoms in total. The number of para-hydroxylation sites is 2. The highest BCUT2D eigenvalue weighted by atomic mass is 16.4. The molecular formula is C17H20N2O2. The van der Waals surface area contributed by atoms with Gasteiger partial charge in [-0.1, -0.05) is 18.6 Å². The lowest BCUT2D eigenvalue weighted by atomic mass is 9.88. The molecule has 0 spiro atoms. The summed E-state index contributed by atoms with van der Waals surface area (Å²) in [5.74, 6) is 2.55. The summed E-state index contributed by atoms with van der Waals surface area (Å²) in [6.07, 6.45) is 5.43. The second kappa shape index (κ2) is 4.86. The quantitative estimate of drug-likeness (QED) is 0.936. The molecule has 1 N–H and O–H groups in total. The largest absolute Gasteiger partial charge is 0.481 e. The number of hydrogen-bond acceptors (Lipinski definition) is 2. The predicted octanol–water partition coefficient (Wildman–Crippen LogP) is 3.41. The minimum absolute atomic E-state index is 0.161. The van der Waals surface area contributed by atoms with E-state index < -0.39 is 5.97 Å². The van der Waals surface area contributed by atoms with Gasteiger partial charge in [0.15, 0.2) is 0 Å². The van der Waals surface area contributed by atoms with Gasteiger partial charge in [-0.15, -0.1) is 0 Å². The third kappa shape index (κ3) is 2.13. The van der Waals surface area contributed by atoms with Crippen molar-refractivity contribution >= 4 is 17.0 Å². The molecule has 2 bridgehead atoms. The minimum Gasteiger partial charge on any atom is -0.481 e. The van der Waals surface area contributed by atoms with E-state index >= 15 is 0 Å². The number of aliphatic carboxylic acids is 1. The number of imidazole rings is 1. The van der Waals surface area contributed by atoms with Gasteiger partial charge in [-0.2, -0.15) is 0 Å². The van der Waals surface area contributed by atoms with Crippen molar-refractivity contribution in [1.29, 1.82) is 0 Å². The van der Waals surface area contributed by atoms with Crippen LogP contribution >= 0.6 is 0 Å². The molecule has 0 amide bonds. The Morgan fingerprint density at radius 2 is 2.14 bits per heavy atom. The molecule has 2 aliphatic rings. The third-order valence-corrected chi connectivity index (χ3v) is 5.30. The van der Waals surface area contributed by atoms with Crippen LogP contribution in [0.25, 0.3) is 11.0 Å². The van der Waals surface area contributed by atoms with Crippen molar-refractivity contribution in [3.05, 3.63) is 30.1 Å². The number of aromatic nitrogens is 2. The zero-order valence-corrected chi connectivity index (χ0v) is 12.0. The van der Waals surface area contributed by atoms with Crippen molar-refractivity contribution in [3.63, 3.8) is 0 Å². The summed E-state index contributed by atoms with van der Waals surface area (Å²) >= 11 is 0. The molecule has 1 aromatic carbocycles. The monoisotopic (exact) mass is 284 g/mol. The maximum atomic E-state index is 11.0. The first-order chi connectivity index (χ1) is 10.2. The Morgan fingerprint density at radius 3 is 2.86 bits per heavy atom. The van der Waals surface area contributed by atoms with Crippen molar-refractivity contribution in [2.24, 2.45) is 11.8 Å². The first-order valence-corrected chi connectivity index (χ1v) is 7.89. The average molecular weight is 284 g/mol. The fourth-order valence-electron chi connectivity index (χ4n) is 4.38. The van der Waals surface area contributed by atoms with Gasteiger partial charge in [-0.3, -0.25) is 4.79 Å². The molecule has 21 heavy (non-hydrogen) atoms. The summed E-state index contributed by atoms with van der Waals surface area (Å²) in [6, 6.07) is 8.09. The van der Waals surface area contributed by atoms with Crippen LogP contribution in [-0.2, 0) is 11.3 Å². The Kier molecular flexibility index (Phi) is 2.98. The Balaban J connectivity index is 1.76. The van der Waals surface area contributed by atoms with E-state index in [-0.39, 0.29) is 6.42 Å². The van der Waals surface area contributed by atoms with E-state index in [1.165, 1.54) is 25.7 Å². The smallest absolute Gasteiger partial charge is 0.305 e. The van der Waals surface area contributed by atoms with Crippen molar-refractivity contribution in [2.75, 3.05) is 0 Å². The molecular weight excluding hydrogens is 264 g/mol. The van der Waals surface area contributed by atoms with Crippen LogP contribution in [-0.4, -0.2) is 20.6 Å². The van der Waals surface area contributed by atoms with Crippen LogP contribution in [0.15, 0.2) is 24.3 Å². The minimum atomic E-state index is -0.744. The number of carboxylic acid groups (broad SMARTS) is 1. The lowest BCUT2D eigenvalue weighted by molar-refractivity contribution is -0.137. The molecule has 2 aromatic rings. The lowest BCUT2D eigenvalue weighted by Crippen LogP contribution is -2.16. The third-order valence-electron chi connectivity index (χ3n) is 5.30. The van der Waals surface area contributed by atoms with Crippen molar-refractivity contribution in [1.82, 2.24) is 9.55 Å². The molecule has 3 atom stereocenters. The average Bonchev–Trinajstić information content (AvgIpc) is 3.18. The first kappa shape index (κ1) is 12.9. The Bertz CT molecular complexity index is 691. The molecule has 110 valence electrons. The van der Waals surface area contributed by atoms with Gasteiger partial charge >= 0.3 is 5.97 Å². The standard InChI is InChI=1S/C17H20N2O2/c20-16(21)7-8-19-15-4-2-1-3-14(15)18-17(19)13-10-11-5-6-12(13)9-11/h1-4,11-13H,5-10H2,(H,20,21). The second-order valence-corrected chi connectivity index (χ2v) is 6.54. The van der Waals surface area contributed by atoms with Crippen LogP contribution < -0.4 is 0 Å². The summed E-state index contributed by atoms with van der Waals surface area (Å²) in [6.45, 7) is 0.527. The van der Waals surface area contributed by atoms with Gasteiger partial charge in [0, 0.05) is 12.5 Å². The van der Waals surface area contributed by atoms with Gasteiger partial charge < -0.3 is 9.67 Å². The Labute approximate surface area is 123 Å². The summed E-state index contributed by atoms with van der Waals surface area (Å²) in [7, 11) is 0. The molecule has 0 saturated heterocycles. The number of benzene rings is 1. The topological polar surface area (TPSA) is 55.1 Å². The summed E-state index contributed by atoms with van der Waals surface area (Å²) in [5.41, 5.74) is 2.08. The first-order valence-electron chi connectivity index (χ1n) is 7.89. The number of carbonyl (C=O) groups is 1. The van der Waals surface area contributed by atoms with Crippen molar-refractivity contribution in [3.8, 4) is 0 Å². The van der Waals surface area contributed by atoms with Gasteiger partial charge in [0.2, 0.25) is 0 Å². The zero-order chi connectivity index (χ0) is 14.4. The van der Waals surface area contributed by atoms with Gasteiger partial charge in [0.25, 0.3) is 0 Å². The van der Waals surface area contributed by atoms with Crippen molar-refractivity contribution < 1.29 is 9.90 Å². The highest BCUT2D eigenvalue weighted by Gasteiger charge is 2.42. The number of rotatable bonds is 4. The fraction of sp³-hybridized carbons (Fsp3) is 0.529. The fourth-order valence-corrected chi connectivity index (χ4v) is 4.38. The molecule has 4 heteroatoms.